The summed E-state index contributed by atoms with van der Waals surface area (Å²) >= 11 is 0. The number of fused-ring (bicyclic) bond motifs is 1. The Balaban J connectivity index is 2.26. The first kappa shape index (κ1) is 9.40. The van der Waals surface area contributed by atoms with Gasteiger partial charge in [-0.3, -0.25) is 0 Å². The van der Waals surface area contributed by atoms with Crippen molar-refractivity contribution in [2.75, 3.05) is 6.54 Å². The number of halogens is 2. The van der Waals surface area contributed by atoms with Crippen LogP contribution in [0.2, 0.25) is 0 Å². The predicted molar refractivity (Wildman–Crippen MR) is 48.1 cm³/mol. The van der Waals surface area contributed by atoms with E-state index in [9.17, 15) is 8.78 Å². The zero-order chi connectivity index (χ0) is 10.1. The highest BCUT2D eigenvalue weighted by atomic mass is 19.2. The van der Waals surface area contributed by atoms with Crippen LogP contribution in [0, 0.1) is 11.6 Å². The molecular weight excluding hydrogens is 188 g/mol. The van der Waals surface area contributed by atoms with E-state index in [2.05, 4.69) is 0 Å². The Bertz CT molecular complexity index is 354. The van der Waals surface area contributed by atoms with Crippen molar-refractivity contribution in [1.29, 1.82) is 0 Å². The zero-order valence-electron chi connectivity index (χ0n) is 7.59. The van der Waals surface area contributed by atoms with Crippen LogP contribution in [0.5, 0.6) is 5.75 Å². The lowest BCUT2D eigenvalue weighted by Gasteiger charge is -2.08. The molecule has 0 saturated carbocycles. The maximum Gasteiger partial charge on any atom is 0.200 e. The molecule has 0 saturated heterocycles. The Morgan fingerprint density at radius 2 is 2.21 bits per heavy atom. The summed E-state index contributed by atoms with van der Waals surface area (Å²) in [7, 11) is 0. The van der Waals surface area contributed by atoms with Crippen molar-refractivity contribution in [2.45, 2.75) is 18.9 Å². The van der Waals surface area contributed by atoms with Crippen LogP contribution in [-0.2, 0) is 6.42 Å². The molecule has 1 aliphatic rings. The van der Waals surface area contributed by atoms with Crippen molar-refractivity contribution in [3.8, 4) is 5.75 Å². The lowest BCUT2D eigenvalue weighted by Crippen LogP contribution is -2.17. The summed E-state index contributed by atoms with van der Waals surface area (Å²) in [5.41, 5.74) is 6.09. The lowest BCUT2D eigenvalue weighted by atomic mass is 10.1. The van der Waals surface area contributed by atoms with Gasteiger partial charge in [0, 0.05) is 12.0 Å². The Morgan fingerprint density at radius 3 is 2.93 bits per heavy atom. The van der Waals surface area contributed by atoms with Gasteiger partial charge in [-0.1, -0.05) is 6.07 Å². The molecule has 1 atom stereocenters. The largest absolute Gasteiger partial charge is 0.487 e. The van der Waals surface area contributed by atoms with Gasteiger partial charge < -0.3 is 10.5 Å². The molecule has 2 nitrogen and oxygen atoms in total. The molecule has 1 aliphatic heterocycles. The van der Waals surface area contributed by atoms with Crippen LogP contribution < -0.4 is 10.5 Å². The Hall–Kier alpha value is -1.16. The molecule has 0 fully saturated rings. The highest BCUT2D eigenvalue weighted by molar-refractivity contribution is 5.39. The van der Waals surface area contributed by atoms with E-state index in [-0.39, 0.29) is 11.9 Å². The van der Waals surface area contributed by atoms with Gasteiger partial charge in [0.1, 0.15) is 6.10 Å². The normalized spacial score (nSPS) is 19.2. The molecule has 1 unspecified atom stereocenters. The van der Waals surface area contributed by atoms with Gasteiger partial charge in [0.25, 0.3) is 0 Å². The number of benzene rings is 1. The molecule has 2 N–H and O–H groups in total. The molecule has 1 aromatic rings. The number of hydrogen-bond acceptors (Lipinski definition) is 2. The quantitative estimate of drug-likeness (QED) is 0.785. The van der Waals surface area contributed by atoms with Crippen molar-refractivity contribution < 1.29 is 13.5 Å². The fraction of sp³-hybridized carbons (Fsp3) is 0.400. The van der Waals surface area contributed by atoms with Crippen LogP contribution in [0.25, 0.3) is 0 Å². The van der Waals surface area contributed by atoms with Crippen molar-refractivity contribution in [3.05, 3.63) is 29.3 Å². The first-order valence-electron chi connectivity index (χ1n) is 4.56. The van der Waals surface area contributed by atoms with E-state index in [1.165, 1.54) is 0 Å². The third-order valence-electron chi connectivity index (χ3n) is 2.35. The van der Waals surface area contributed by atoms with Crippen molar-refractivity contribution in [2.24, 2.45) is 5.73 Å². The summed E-state index contributed by atoms with van der Waals surface area (Å²) in [6, 6.07) is 2.69. The minimum atomic E-state index is -0.887. The third kappa shape index (κ3) is 1.46. The van der Waals surface area contributed by atoms with Gasteiger partial charge in [0.05, 0.1) is 0 Å². The Kier molecular flexibility index (Phi) is 2.37. The van der Waals surface area contributed by atoms with Crippen LogP contribution in [0.15, 0.2) is 12.1 Å². The van der Waals surface area contributed by atoms with Gasteiger partial charge in [-0.25, -0.2) is 4.39 Å². The third-order valence-corrected chi connectivity index (χ3v) is 2.35. The summed E-state index contributed by atoms with van der Waals surface area (Å²) in [5.74, 6) is -1.69. The molecule has 0 aromatic heterocycles. The van der Waals surface area contributed by atoms with Gasteiger partial charge in [-0.15, -0.1) is 0 Å². The SMILES string of the molecule is NCCC1Cc2ccc(F)c(F)c2O1. The van der Waals surface area contributed by atoms with E-state index in [1.807, 2.05) is 0 Å². The summed E-state index contributed by atoms with van der Waals surface area (Å²) in [6.45, 7) is 0.489. The standard InChI is InChI=1S/C10H11F2NO/c11-8-2-1-6-5-7(3-4-13)14-10(6)9(8)12/h1-2,7H,3-5,13H2. The second-order valence-corrected chi connectivity index (χ2v) is 3.37. The number of nitrogens with two attached hydrogens (primary N) is 1. The molecule has 0 aliphatic carbocycles. The summed E-state index contributed by atoms with van der Waals surface area (Å²) < 4.78 is 31.3. The zero-order valence-corrected chi connectivity index (χ0v) is 7.59. The molecule has 76 valence electrons. The van der Waals surface area contributed by atoms with Crippen molar-refractivity contribution >= 4 is 0 Å². The lowest BCUT2D eigenvalue weighted by molar-refractivity contribution is 0.214. The number of hydrogen-bond donors (Lipinski definition) is 1. The van der Waals surface area contributed by atoms with Crippen molar-refractivity contribution in [3.63, 3.8) is 0 Å². The number of rotatable bonds is 2. The molecule has 14 heavy (non-hydrogen) atoms. The van der Waals surface area contributed by atoms with Crippen LogP contribution in [-0.4, -0.2) is 12.6 Å². The molecule has 1 heterocycles. The highest BCUT2D eigenvalue weighted by Gasteiger charge is 2.26. The molecule has 1 aromatic carbocycles. The molecule has 0 radical (unpaired) electrons. The molecule has 0 amide bonds. The number of ether oxygens (including phenoxy) is 1. The van der Waals surface area contributed by atoms with E-state index >= 15 is 0 Å². The first-order chi connectivity index (χ1) is 6.72. The maximum atomic E-state index is 13.2. The fourth-order valence-corrected chi connectivity index (χ4v) is 1.66. The average molecular weight is 199 g/mol. The van der Waals surface area contributed by atoms with Crippen LogP contribution in [0.3, 0.4) is 0 Å². The van der Waals surface area contributed by atoms with E-state index in [4.69, 9.17) is 10.5 Å². The van der Waals surface area contributed by atoms with Gasteiger partial charge in [-0.2, -0.15) is 4.39 Å². The smallest absolute Gasteiger partial charge is 0.200 e. The Morgan fingerprint density at radius 1 is 1.43 bits per heavy atom. The average Bonchev–Trinajstić information content (AvgIpc) is 2.56. The van der Waals surface area contributed by atoms with Gasteiger partial charge in [-0.05, 0) is 19.0 Å². The van der Waals surface area contributed by atoms with E-state index in [1.54, 1.807) is 6.07 Å². The molecular formula is C10H11F2NO. The minimum Gasteiger partial charge on any atom is -0.487 e. The molecule has 0 bridgehead atoms. The van der Waals surface area contributed by atoms with Gasteiger partial charge >= 0.3 is 0 Å². The topological polar surface area (TPSA) is 35.2 Å². The van der Waals surface area contributed by atoms with Gasteiger partial charge in [0.15, 0.2) is 11.6 Å². The fourth-order valence-electron chi connectivity index (χ4n) is 1.66. The molecule has 4 heteroatoms. The van der Waals surface area contributed by atoms with Crippen LogP contribution in [0.1, 0.15) is 12.0 Å². The van der Waals surface area contributed by atoms with E-state index < -0.39 is 11.6 Å². The van der Waals surface area contributed by atoms with Crippen LogP contribution in [0.4, 0.5) is 8.78 Å². The molecule has 2 rings (SSSR count). The monoisotopic (exact) mass is 199 g/mol. The van der Waals surface area contributed by atoms with Crippen LogP contribution >= 0.6 is 0 Å². The first-order valence-corrected chi connectivity index (χ1v) is 4.56. The highest BCUT2D eigenvalue weighted by Crippen LogP contribution is 2.33. The summed E-state index contributed by atoms with van der Waals surface area (Å²) in [4.78, 5) is 0. The van der Waals surface area contributed by atoms with Gasteiger partial charge in [0.2, 0.25) is 5.82 Å². The van der Waals surface area contributed by atoms with E-state index in [0.717, 1.165) is 11.6 Å². The Labute approximate surface area is 80.7 Å². The van der Waals surface area contributed by atoms with E-state index in [0.29, 0.717) is 19.4 Å². The van der Waals surface area contributed by atoms with Crippen molar-refractivity contribution in [1.82, 2.24) is 0 Å². The summed E-state index contributed by atoms with van der Waals surface area (Å²) in [5, 5.41) is 0. The summed E-state index contributed by atoms with van der Waals surface area (Å²) in [6.07, 6.45) is 1.17. The maximum absolute atomic E-state index is 13.2. The second-order valence-electron chi connectivity index (χ2n) is 3.37. The minimum absolute atomic E-state index is 0.0588. The predicted octanol–water partition coefficient (Wildman–Crippen LogP) is 1.62. The molecule has 0 spiro atoms. The second kappa shape index (κ2) is 3.53.